The Morgan fingerprint density at radius 1 is 1.28 bits per heavy atom. The predicted octanol–water partition coefficient (Wildman–Crippen LogP) is 4.47. The summed E-state index contributed by atoms with van der Waals surface area (Å²) in [5.41, 5.74) is 2.55. The van der Waals surface area contributed by atoms with Gasteiger partial charge in [0.2, 0.25) is 0 Å². The van der Waals surface area contributed by atoms with E-state index in [-0.39, 0.29) is 0 Å². The van der Waals surface area contributed by atoms with E-state index < -0.39 is 5.97 Å². The van der Waals surface area contributed by atoms with Crippen molar-refractivity contribution in [3.63, 3.8) is 0 Å². The Morgan fingerprint density at radius 2 is 2.04 bits per heavy atom. The molecule has 4 rings (SSSR count). The average Bonchev–Trinajstić information content (AvgIpc) is 3.20. The zero-order valence-electron chi connectivity index (χ0n) is 14.6. The van der Waals surface area contributed by atoms with E-state index in [2.05, 4.69) is 4.90 Å². The number of piperidine rings is 1. The molecule has 25 heavy (non-hydrogen) atoms. The Morgan fingerprint density at radius 3 is 2.72 bits per heavy atom. The fraction of sp³-hybridized carbons (Fsp3) is 0.579. The van der Waals surface area contributed by atoms with E-state index >= 15 is 0 Å². The summed E-state index contributed by atoms with van der Waals surface area (Å²) in [6, 6.07) is 1.85. The number of thiophene rings is 1. The van der Waals surface area contributed by atoms with Crippen LogP contribution in [0.15, 0.2) is 6.07 Å². The number of carboxylic acid groups (broad SMARTS) is 1. The lowest BCUT2D eigenvalue weighted by Crippen LogP contribution is -2.32. The Labute approximate surface area is 156 Å². The van der Waals surface area contributed by atoms with Crippen LogP contribution in [-0.4, -0.2) is 34.0 Å². The summed E-state index contributed by atoms with van der Waals surface area (Å²) in [4.78, 5) is 21.7. The van der Waals surface area contributed by atoms with Gasteiger partial charge >= 0.3 is 5.97 Å². The van der Waals surface area contributed by atoms with Crippen LogP contribution in [0.3, 0.4) is 0 Å². The molecule has 0 spiro atoms. The van der Waals surface area contributed by atoms with Crippen molar-refractivity contribution in [3.8, 4) is 0 Å². The van der Waals surface area contributed by atoms with Gasteiger partial charge in [-0.25, -0.2) is 9.78 Å². The lowest BCUT2D eigenvalue weighted by molar-refractivity contribution is 0.0702. The van der Waals surface area contributed by atoms with E-state index in [1.165, 1.54) is 66.1 Å². The second kappa shape index (κ2) is 7.17. The van der Waals surface area contributed by atoms with Gasteiger partial charge in [0.25, 0.3) is 0 Å². The summed E-state index contributed by atoms with van der Waals surface area (Å²) in [5.74, 6) is -0.198. The maximum Gasteiger partial charge on any atom is 0.345 e. The lowest BCUT2D eigenvalue weighted by atomic mass is 9.97. The third-order valence-electron chi connectivity index (χ3n) is 5.42. The molecular formula is C19H24N2O2S2. The molecule has 0 amide bonds. The maximum atomic E-state index is 11.1. The van der Waals surface area contributed by atoms with Crippen LogP contribution < -0.4 is 0 Å². The number of thiazole rings is 1. The fourth-order valence-electron chi connectivity index (χ4n) is 3.91. The molecule has 0 unspecified atom stereocenters. The predicted molar refractivity (Wildman–Crippen MR) is 102 cm³/mol. The fourth-order valence-corrected chi connectivity index (χ4v) is 6.10. The van der Waals surface area contributed by atoms with E-state index in [9.17, 15) is 4.79 Å². The van der Waals surface area contributed by atoms with E-state index in [0.717, 1.165) is 24.5 Å². The Kier molecular flexibility index (Phi) is 4.93. The first-order valence-electron chi connectivity index (χ1n) is 9.13. The van der Waals surface area contributed by atoms with Crippen LogP contribution in [0, 0.1) is 6.92 Å². The van der Waals surface area contributed by atoms with Crippen molar-refractivity contribution in [2.75, 3.05) is 13.1 Å². The van der Waals surface area contributed by atoms with Gasteiger partial charge in [-0.15, -0.1) is 22.7 Å². The number of aromatic nitrogens is 1. The normalized spacial score (nSPS) is 19.1. The number of carboxylic acids is 1. The van der Waals surface area contributed by atoms with Gasteiger partial charge in [0.1, 0.15) is 4.88 Å². The van der Waals surface area contributed by atoms with Crippen molar-refractivity contribution in [2.45, 2.75) is 57.9 Å². The number of likely N-dealkylation sites (tertiary alicyclic amines) is 1. The molecule has 1 aliphatic carbocycles. The number of hydrogen-bond acceptors (Lipinski definition) is 5. The minimum atomic E-state index is -0.814. The van der Waals surface area contributed by atoms with Crippen LogP contribution in [0.4, 0.5) is 0 Å². The molecule has 2 aromatic heterocycles. The van der Waals surface area contributed by atoms with E-state index in [0.29, 0.717) is 10.8 Å². The highest BCUT2D eigenvalue weighted by atomic mass is 32.1. The van der Waals surface area contributed by atoms with Gasteiger partial charge in [0.05, 0.1) is 10.7 Å². The van der Waals surface area contributed by atoms with Crippen LogP contribution in [-0.2, 0) is 19.4 Å². The van der Waals surface area contributed by atoms with Gasteiger partial charge in [-0.2, -0.15) is 0 Å². The minimum absolute atomic E-state index is 0.454. The number of hydrogen-bond donors (Lipinski definition) is 1. The van der Waals surface area contributed by atoms with Crippen LogP contribution in [0.2, 0.25) is 0 Å². The number of aromatic carboxylic acids is 1. The summed E-state index contributed by atoms with van der Waals surface area (Å²) in [6.45, 7) is 5.05. The molecule has 134 valence electrons. The van der Waals surface area contributed by atoms with Crippen molar-refractivity contribution in [1.29, 1.82) is 0 Å². The zero-order valence-corrected chi connectivity index (χ0v) is 16.2. The third-order valence-corrected chi connectivity index (χ3v) is 7.83. The number of fused-ring (bicyclic) bond motifs is 1. The van der Waals surface area contributed by atoms with Gasteiger partial charge in [-0.1, -0.05) is 0 Å². The highest BCUT2D eigenvalue weighted by molar-refractivity contribution is 7.14. The van der Waals surface area contributed by atoms with Gasteiger partial charge in [0, 0.05) is 22.2 Å². The van der Waals surface area contributed by atoms with E-state index in [1.54, 1.807) is 4.88 Å². The molecule has 1 N–H and O–H groups in total. The lowest BCUT2D eigenvalue weighted by Gasteiger charge is -2.31. The smallest absolute Gasteiger partial charge is 0.345 e. The molecule has 0 saturated carbocycles. The highest BCUT2D eigenvalue weighted by Gasteiger charge is 2.26. The molecule has 0 atom stereocenters. The summed E-state index contributed by atoms with van der Waals surface area (Å²) in [7, 11) is 0. The molecule has 1 saturated heterocycles. The second-order valence-electron chi connectivity index (χ2n) is 7.18. The molecule has 4 nitrogen and oxygen atoms in total. The van der Waals surface area contributed by atoms with Gasteiger partial charge < -0.3 is 5.11 Å². The third kappa shape index (κ3) is 3.66. The van der Waals surface area contributed by atoms with Gasteiger partial charge in [0.15, 0.2) is 0 Å². The number of nitrogens with zero attached hydrogens (tertiary/aromatic N) is 2. The molecule has 2 aromatic rings. The van der Waals surface area contributed by atoms with Crippen LogP contribution >= 0.6 is 22.7 Å². The molecule has 1 fully saturated rings. The molecule has 2 aliphatic rings. The summed E-state index contributed by atoms with van der Waals surface area (Å²) >= 11 is 3.35. The van der Waals surface area contributed by atoms with Crippen molar-refractivity contribution in [1.82, 2.24) is 9.88 Å². The Hall–Kier alpha value is -1.24. The van der Waals surface area contributed by atoms with Crippen molar-refractivity contribution in [3.05, 3.63) is 37.0 Å². The highest BCUT2D eigenvalue weighted by Crippen LogP contribution is 2.36. The number of rotatable bonds is 4. The minimum Gasteiger partial charge on any atom is -0.477 e. The molecule has 6 heteroatoms. The molecule has 0 bridgehead atoms. The van der Waals surface area contributed by atoms with Crippen LogP contribution in [0.5, 0.6) is 0 Å². The monoisotopic (exact) mass is 376 g/mol. The molecule has 3 heterocycles. The quantitative estimate of drug-likeness (QED) is 0.855. The van der Waals surface area contributed by atoms with E-state index in [4.69, 9.17) is 10.1 Å². The average molecular weight is 377 g/mol. The molecule has 0 radical (unpaired) electrons. The van der Waals surface area contributed by atoms with Crippen molar-refractivity contribution >= 4 is 28.6 Å². The molecule has 1 aliphatic heterocycles. The summed E-state index contributed by atoms with van der Waals surface area (Å²) in [5, 5.41) is 10.5. The van der Waals surface area contributed by atoms with Gasteiger partial charge in [-0.05, 0) is 70.2 Å². The van der Waals surface area contributed by atoms with Crippen molar-refractivity contribution < 1.29 is 9.90 Å². The Balaban J connectivity index is 1.37. The largest absolute Gasteiger partial charge is 0.477 e. The SMILES string of the molecule is Cc1sc(C(=O)O)cc1CN1CCC(c2nc3c(s2)CCCC3)CC1. The molecule has 0 aromatic carbocycles. The first-order chi connectivity index (χ1) is 12.1. The second-order valence-corrected chi connectivity index (χ2v) is 9.55. The molecular weight excluding hydrogens is 352 g/mol. The van der Waals surface area contributed by atoms with Gasteiger partial charge in [-0.3, -0.25) is 4.90 Å². The summed E-state index contributed by atoms with van der Waals surface area (Å²) < 4.78 is 0. The maximum absolute atomic E-state index is 11.1. The zero-order chi connectivity index (χ0) is 17.4. The number of carbonyl (C=O) groups is 1. The van der Waals surface area contributed by atoms with E-state index in [1.807, 2.05) is 24.3 Å². The summed E-state index contributed by atoms with van der Waals surface area (Å²) in [6.07, 6.45) is 7.37. The van der Waals surface area contributed by atoms with Crippen LogP contribution in [0.1, 0.15) is 67.3 Å². The topological polar surface area (TPSA) is 53.4 Å². The Bertz CT molecular complexity index is 749. The first-order valence-corrected chi connectivity index (χ1v) is 10.8. The van der Waals surface area contributed by atoms with Crippen molar-refractivity contribution in [2.24, 2.45) is 0 Å². The first kappa shape index (κ1) is 17.2. The van der Waals surface area contributed by atoms with Crippen LogP contribution in [0.25, 0.3) is 0 Å². The number of aryl methyl sites for hydroxylation is 3. The standard InChI is InChI=1S/C19H24N2O2S2/c1-12-14(10-17(24-12)19(22)23)11-21-8-6-13(7-9-21)18-20-15-4-2-3-5-16(15)25-18/h10,13H,2-9,11H2,1H3,(H,22,23).